The van der Waals surface area contributed by atoms with Crippen LogP contribution in [0.4, 0.5) is 0 Å². The largest absolute Gasteiger partial charge is 0.339 e. The van der Waals surface area contributed by atoms with E-state index in [2.05, 4.69) is 4.98 Å². The van der Waals surface area contributed by atoms with Crippen molar-refractivity contribution in [3.05, 3.63) is 65.5 Å². The first-order valence-corrected chi connectivity index (χ1v) is 10.2. The predicted molar refractivity (Wildman–Crippen MR) is 110 cm³/mol. The molecule has 28 heavy (non-hydrogen) atoms. The Morgan fingerprint density at radius 3 is 2.36 bits per heavy atom. The van der Waals surface area contributed by atoms with E-state index >= 15 is 0 Å². The number of carbonyl (C=O) groups is 2. The molecule has 148 valence electrons. The number of hydrogen-bond donors (Lipinski definition) is 0. The van der Waals surface area contributed by atoms with Gasteiger partial charge in [0.1, 0.15) is 5.69 Å². The minimum atomic E-state index is -0.149. The van der Waals surface area contributed by atoms with Gasteiger partial charge in [0.2, 0.25) is 0 Å². The Morgan fingerprint density at radius 2 is 1.71 bits per heavy atom. The molecule has 1 fully saturated rings. The molecule has 0 aliphatic carbocycles. The highest BCUT2D eigenvalue weighted by atomic mass is 16.2. The lowest BCUT2D eigenvalue weighted by atomic mass is 10.1. The van der Waals surface area contributed by atoms with Gasteiger partial charge < -0.3 is 9.80 Å². The van der Waals surface area contributed by atoms with Gasteiger partial charge in [-0.15, -0.1) is 0 Å². The Bertz CT molecular complexity index is 797. The van der Waals surface area contributed by atoms with Crippen molar-refractivity contribution in [1.82, 2.24) is 14.8 Å². The molecular weight excluding hydrogens is 350 g/mol. The van der Waals surface area contributed by atoms with Gasteiger partial charge in [0.15, 0.2) is 0 Å². The fourth-order valence-corrected chi connectivity index (χ4v) is 3.55. The number of rotatable bonds is 5. The summed E-state index contributed by atoms with van der Waals surface area (Å²) in [6.07, 6.45) is 6.00. The molecule has 0 atom stereocenters. The Kier molecular flexibility index (Phi) is 6.80. The molecule has 0 radical (unpaired) electrons. The van der Waals surface area contributed by atoms with Gasteiger partial charge in [-0.1, -0.05) is 43.2 Å². The van der Waals surface area contributed by atoms with Crippen LogP contribution in [0.1, 0.15) is 65.9 Å². The van der Waals surface area contributed by atoms with Crippen LogP contribution < -0.4 is 0 Å². The average Bonchev–Trinajstić information content (AvgIpc) is 3.01. The van der Waals surface area contributed by atoms with Crippen molar-refractivity contribution < 1.29 is 9.59 Å². The van der Waals surface area contributed by atoms with Crippen LogP contribution in [0.5, 0.6) is 0 Å². The molecule has 0 N–H and O–H groups in total. The fourth-order valence-electron chi connectivity index (χ4n) is 3.55. The van der Waals surface area contributed by atoms with E-state index in [1.54, 1.807) is 23.2 Å². The van der Waals surface area contributed by atoms with Crippen molar-refractivity contribution in [2.45, 2.75) is 52.1 Å². The highest BCUT2D eigenvalue weighted by molar-refractivity contribution is 5.98. The summed E-state index contributed by atoms with van der Waals surface area (Å²) in [6, 6.07) is 13.3. The van der Waals surface area contributed by atoms with E-state index in [-0.39, 0.29) is 17.9 Å². The zero-order valence-electron chi connectivity index (χ0n) is 16.8. The number of nitrogens with zero attached hydrogens (tertiary/aromatic N) is 3. The van der Waals surface area contributed by atoms with Crippen LogP contribution in [0.3, 0.4) is 0 Å². The number of pyridine rings is 1. The molecule has 1 saturated heterocycles. The first-order chi connectivity index (χ1) is 13.6. The van der Waals surface area contributed by atoms with E-state index in [0.29, 0.717) is 17.8 Å². The minimum absolute atomic E-state index is 0.00231. The van der Waals surface area contributed by atoms with E-state index in [1.807, 2.05) is 49.1 Å². The van der Waals surface area contributed by atoms with E-state index in [9.17, 15) is 9.59 Å². The van der Waals surface area contributed by atoms with Crippen molar-refractivity contribution in [2.75, 3.05) is 13.1 Å². The Hall–Kier alpha value is -2.69. The maximum absolute atomic E-state index is 13.1. The first-order valence-electron chi connectivity index (χ1n) is 10.2. The zero-order chi connectivity index (χ0) is 19.9. The SMILES string of the molecule is CC(C)N(Cc1ccccc1)C(=O)c1cc(C(=O)N2CCCCCC2)ccn1. The quantitative estimate of drug-likeness (QED) is 0.784. The van der Waals surface area contributed by atoms with Gasteiger partial charge in [-0.05, 0) is 44.4 Å². The van der Waals surface area contributed by atoms with Crippen LogP contribution in [0.25, 0.3) is 0 Å². The molecule has 2 amide bonds. The van der Waals surface area contributed by atoms with Crippen LogP contribution in [-0.4, -0.2) is 45.7 Å². The fraction of sp³-hybridized carbons (Fsp3) is 0.435. The van der Waals surface area contributed by atoms with Gasteiger partial charge in [0.25, 0.3) is 11.8 Å². The Labute approximate surface area is 167 Å². The van der Waals surface area contributed by atoms with E-state index < -0.39 is 0 Å². The Balaban J connectivity index is 1.79. The molecule has 2 heterocycles. The minimum Gasteiger partial charge on any atom is -0.339 e. The second-order valence-corrected chi connectivity index (χ2v) is 7.65. The third-order valence-electron chi connectivity index (χ3n) is 5.20. The van der Waals surface area contributed by atoms with E-state index in [0.717, 1.165) is 31.5 Å². The van der Waals surface area contributed by atoms with Gasteiger partial charge in [-0.25, -0.2) is 0 Å². The molecule has 3 rings (SSSR count). The van der Waals surface area contributed by atoms with Gasteiger partial charge in [0.05, 0.1) is 0 Å². The third-order valence-corrected chi connectivity index (χ3v) is 5.20. The molecule has 0 spiro atoms. The maximum Gasteiger partial charge on any atom is 0.272 e. The highest BCUT2D eigenvalue weighted by Crippen LogP contribution is 2.16. The van der Waals surface area contributed by atoms with Gasteiger partial charge in [-0.2, -0.15) is 0 Å². The van der Waals surface area contributed by atoms with Gasteiger partial charge in [-0.3, -0.25) is 14.6 Å². The van der Waals surface area contributed by atoms with Crippen molar-refractivity contribution >= 4 is 11.8 Å². The average molecular weight is 380 g/mol. The molecule has 1 aliphatic rings. The van der Waals surface area contributed by atoms with Crippen molar-refractivity contribution in [2.24, 2.45) is 0 Å². The third kappa shape index (κ3) is 4.97. The molecule has 5 nitrogen and oxygen atoms in total. The van der Waals surface area contributed by atoms with Crippen LogP contribution in [-0.2, 0) is 6.54 Å². The number of hydrogen-bond acceptors (Lipinski definition) is 3. The topological polar surface area (TPSA) is 53.5 Å². The Morgan fingerprint density at radius 1 is 1.04 bits per heavy atom. The summed E-state index contributed by atoms with van der Waals surface area (Å²) in [6.45, 7) is 6.08. The second-order valence-electron chi connectivity index (χ2n) is 7.65. The highest BCUT2D eigenvalue weighted by Gasteiger charge is 2.23. The molecule has 1 aromatic heterocycles. The van der Waals surface area contributed by atoms with E-state index in [4.69, 9.17) is 0 Å². The normalized spacial score (nSPS) is 14.6. The summed E-state index contributed by atoms with van der Waals surface area (Å²) in [5.41, 5.74) is 1.94. The summed E-state index contributed by atoms with van der Waals surface area (Å²) in [5.74, 6) is -0.151. The number of carbonyl (C=O) groups excluding carboxylic acids is 2. The molecule has 1 aliphatic heterocycles. The van der Waals surface area contributed by atoms with Gasteiger partial charge >= 0.3 is 0 Å². The smallest absolute Gasteiger partial charge is 0.272 e. The van der Waals surface area contributed by atoms with Crippen molar-refractivity contribution in [3.8, 4) is 0 Å². The predicted octanol–water partition coefficient (Wildman–Crippen LogP) is 4.15. The first kappa shape index (κ1) is 20.1. The second kappa shape index (κ2) is 9.49. The van der Waals surface area contributed by atoms with E-state index in [1.165, 1.54) is 12.8 Å². The maximum atomic E-state index is 13.1. The molecule has 1 aromatic carbocycles. The monoisotopic (exact) mass is 379 g/mol. The molecular formula is C23H29N3O2. The lowest BCUT2D eigenvalue weighted by Gasteiger charge is -2.27. The molecule has 5 heteroatoms. The van der Waals surface area contributed by atoms with Gasteiger partial charge in [0, 0.05) is 37.4 Å². The van der Waals surface area contributed by atoms with Crippen molar-refractivity contribution in [3.63, 3.8) is 0 Å². The van der Waals surface area contributed by atoms with Crippen LogP contribution in [0, 0.1) is 0 Å². The van der Waals surface area contributed by atoms with Crippen LogP contribution >= 0.6 is 0 Å². The van der Waals surface area contributed by atoms with Crippen LogP contribution in [0.2, 0.25) is 0 Å². The number of aromatic nitrogens is 1. The molecule has 0 saturated carbocycles. The summed E-state index contributed by atoms with van der Waals surface area (Å²) in [7, 11) is 0. The summed E-state index contributed by atoms with van der Waals surface area (Å²) < 4.78 is 0. The number of amides is 2. The molecule has 2 aromatic rings. The molecule has 0 unspecified atom stereocenters. The molecule has 0 bridgehead atoms. The lowest BCUT2D eigenvalue weighted by Crippen LogP contribution is -2.37. The van der Waals surface area contributed by atoms with Crippen LogP contribution in [0.15, 0.2) is 48.7 Å². The summed E-state index contributed by atoms with van der Waals surface area (Å²) in [5, 5.41) is 0. The van der Waals surface area contributed by atoms with Crippen molar-refractivity contribution in [1.29, 1.82) is 0 Å². The lowest BCUT2D eigenvalue weighted by molar-refractivity contribution is 0.0684. The number of benzene rings is 1. The number of likely N-dealkylation sites (tertiary alicyclic amines) is 1. The zero-order valence-corrected chi connectivity index (χ0v) is 16.8. The standard InChI is InChI=1S/C23H29N3O2/c1-18(2)26(17-19-10-6-5-7-11-19)23(28)21-16-20(12-13-24-21)22(27)25-14-8-3-4-9-15-25/h5-7,10-13,16,18H,3-4,8-9,14-15,17H2,1-2H3. The summed E-state index contributed by atoms with van der Waals surface area (Å²) >= 11 is 0. The summed E-state index contributed by atoms with van der Waals surface area (Å²) in [4.78, 5) is 34.0.